The zero-order chi connectivity index (χ0) is 11.7. The maximum Gasteiger partial charge on any atom is 0.326 e. The van der Waals surface area contributed by atoms with Crippen molar-refractivity contribution in [2.45, 2.75) is 39.2 Å². The van der Waals surface area contributed by atoms with Crippen molar-refractivity contribution >= 4 is 23.6 Å². The molecule has 0 bridgehead atoms. The van der Waals surface area contributed by atoms with E-state index in [9.17, 15) is 9.59 Å². The lowest BCUT2D eigenvalue weighted by atomic mass is 10.1. The summed E-state index contributed by atoms with van der Waals surface area (Å²) in [6, 6.07) is -0.728. The Bertz CT molecular complexity index is 209. The minimum absolute atomic E-state index is 0.170. The molecule has 0 aromatic rings. The van der Waals surface area contributed by atoms with Gasteiger partial charge in [-0.1, -0.05) is 20.3 Å². The van der Waals surface area contributed by atoms with Crippen LogP contribution in [0.25, 0.3) is 0 Å². The van der Waals surface area contributed by atoms with Gasteiger partial charge >= 0.3 is 5.97 Å². The fourth-order valence-electron chi connectivity index (χ4n) is 1.12. The van der Waals surface area contributed by atoms with E-state index >= 15 is 0 Å². The Kier molecular flexibility index (Phi) is 8.18. The van der Waals surface area contributed by atoms with Crippen LogP contribution in [0.2, 0.25) is 0 Å². The molecule has 0 aliphatic rings. The van der Waals surface area contributed by atoms with Crippen LogP contribution in [0.4, 0.5) is 0 Å². The molecule has 0 aliphatic heterocycles. The highest BCUT2D eigenvalue weighted by molar-refractivity contribution is 7.99. The summed E-state index contributed by atoms with van der Waals surface area (Å²) in [6.07, 6.45) is 1.63. The first-order chi connectivity index (χ1) is 7.11. The lowest BCUT2D eigenvalue weighted by molar-refractivity contribution is -0.142. The molecule has 0 spiro atoms. The van der Waals surface area contributed by atoms with Gasteiger partial charge in [-0.05, 0) is 12.2 Å². The molecule has 0 saturated heterocycles. The first-order valence-corrected chi connectivity index (χ1v) is 6.37. The monoisotopic (exact) mass is 233 g/mol. The number of carbonyl (C=O) groups is 2. The highest BCUT2D eigenvalue weighted by atomic mass is 32.2. The maximum atomic E-state index is 11.3. The van der Waals surface area contributed by atoms with E-state index in [2.05, 4.69) is 5.32 Å². The molecule has 0 radical (unpaired) electrons. The van der Waals surface area contributed by atoms with E-state index in [4.69, 9.17) is 5.11 Å². The van der Waals surface area contributed by atoms with Crippen LogP contribution in [0.1, 0.15) is 33.1 Å². The molecular weight excluding hydrogens is 214 g/mol. The third kappa shape index (κ3) is 7.25. The topological polar surface area (TPSA) is 66.4 Å². The summed E-state index contributed by atoms with van der Waals surface area (Å²) in [4.78, 5) is 22.1. The van der Waals surface area contributed by atoms with Gasteiger partial charge in [0, 0.05) is 12.2 Å². The van der Waals surface area contributed by atoms with Crippen LogP contribution in [-0.2, 0) is 9.59 Å². The van der Waals surface area contributed by atoms with E-state index in [0.29, 0.717) is 12.8 Å². The number of carboxylic acid groups (broad SMARTS) is 1. The van der Waals surface area contributed by atoms with Crippen LogP contribution in [0.5, 0.6) is 0 Å². The lowest BCUT2D eigenvalue weighted by Gasteiger charge is -2.13. The zero-order valence-electron chi connectivity index (χ0n) is 9.28. The van der Waals surface area contributed by atoms with Gasteiger partial charge in [0.05, 0.1) is 0 Å². The van der Waals surface area contributed by atoms with Crippen molar-refractivity contribution in [3.05, 3.63) is 0 Å². The second-order valence-electron chi connectivity index (χ2n) is 3.19. The summed E-state index contributed by atoms with van der Waals surface area (Å²) in [5.41, 5.74) is 0. The molecule has 1 unspecified atom stereocenters. The van der Waals surface area contributed by atoms with Crippen LogP contribution in [-0.4, -0.2) is 34.5 Å². The molecule has 4 nitrogen and oxygen atoms in total. The molecule has 15 heavy (non-hydrogen) atoms. The van der Waals surface area contributed by atoms with Gasteiger partial charge in [-0.25, -0.2) is 4.79 Å². The average Bonchev–Trinajstić information content (AvgIpc) is 2.17. The van der Waals surface area contributed by atoms with Crippen molar-refractivity contribution in [2.75, 3.05) is 11.5 Å². The first-order valence-electron chi connectivity index (χ1n) is 5.21. The van der Waals surface area contributed by atoms with Crippen LogP contribution in [0, 0.1) is 0 Å². The summed E-state index contributed by atoms with van der Waals surface area (Å²) in [6.45, 7) is 3.93. The highest BCUT2D eigenvalue weighted by Crippen LogP contribution is 2.02. The molecule has 0 aromatic heterocycles. The van der Waals surface area contributed by atoms with Gasteiger partial charge in [0.25, 0.3) is 0 Å². The number of nitrogens with one attached hydrogen (secondary N) is 1. The van der Waals surface area contributed by atoms with Gasteiger partial charge in [-0.2, -0.15) is 11.8 Å². The van der Waals surface area contributed by atoms with Crippen LogP contribution < -0.4 is 5.32 Å². The first kappa shape index (κ1) is 14.3. The quantitative estimate of drug-likeness (QED) is 0.623. The normalized spacial score (nSPS) is 12.1. The van der Waals surface area contributed by atoms with E-state index in [1.165, 1.54) is 0 Å². The summed E-state index contributed by atoms with van der Waals surface area (Å²) < 4.78 is 0. The van der Waals surface area contributed by atoms with Crippen LogP contribution in [0.3, 0.4) is 0 Å². The average molecular weight is 233 g/mol. The molecule has 0 saturated carbocycles. The largest absolute Gasteiger partial charge is 0.480 e. The van der Waals surface area contributed by atoms with Crippen molar-refractivity contribution in [1.29, 1.82) is 0 Å². The zero-order valence-corrected chi connectivity index (χ0v) is 10.1. The molecule has 0 fully saturated rings. The van der Waals surface area contributed by atoms with E-state index < -0.39 is 12.0 Å². The van der Waals surface area contributed by atoms with Gasteiger partial charge in [0.1, 0.15) is 6.04 Å². The minimum Gasteiger partial charge on any atom is -0.480 e. The van der Waals surface area contributed by atoms with Gasteiger partial charge in [0.15, 0.2) is 0 Å². The number of thioether (sulfide) groups is 1. The Morgan fingerprint density at radius 1 is 1.40 bits per heavy atom. The number of aliphatic carboxylic acids is 1. The highest BCUT2D eigenvalue weighted by Gasteiger charge is 2.17. The number of carbonyl (C=O) groups excluding carboxylic acids is 1. The molecule has 2 N–H and O–H groups in total. The Balaban J connectivity index is 3.84. The summed E-state index contributed by atoms with van der Waals surface area (Å²) in [5, 5.41) is 11.3. The minimum atomic E-state index is -0.951. The number of hydrogen-bond acceptors (Lipinski definition) is 3. The van der Waals surface area contributed by atoms with Crippen molar-refractivity contribution in [3.8, 4) is 0 Å². The SMILES string of the molecule is CCCC(NC(=O)CCSCC)C(=O)O. The Labute approximate surface area is 94.8 Å². The van der Waals surface area contributed by atoms with E-state index in [1.54, 1.807) is 11.8 Å². The molecular formula is C10H19NO3S. The van der Waals surface area contributed by atoms with E-state index in [0.717, 1.165) is 17.9 Å². The fourth-order valence-corrected chi connectivity index (χ4v) is 1.74. The van der Waals surface area contributed by atoms with Crippen LogP contribution >= 0.6 is 11.8 Å². The van der Waals surface area contributed by atoms with Crippen molar-refractivity contribution in [2.24, 2.45) is 0 Å². The smallest absolute Gasteiger partial charge is 0.326 e. The number of rotatable bonds is 8. The third-order valence-corrected chi connectivity index (χ3v) is 2.79. The molecule has 5 heteroatoms. The van der Waals surface area contributed by atoms with Gasteiger partial charge in [0.2, 0.25) is 5.91 Å². The molecule has 88 valence electrons. The third-order valence-electron chi connectivity index (χ3n) is 1.89. The molecule has 1 atom stereocenters. The Hall–Kier alpha value is -0.710. The number of amides is 1. The Morgan fingerprint density at radius 3 is 2.53 bits per heavy atom. The Morgan fingerprint density at radius 2 is 2.07 bits per heavy atom. The summed E-state index contributed by atoms with van der Waals surface area (Å²) in [7, 11) is 0. The fraction of sp³-hybridized carbons (Fsp3) is 0.800. The molecule has 0 aromatic carbocycles. The van der Waals surface area contributed by atoms with Crippen molar-refractivity contribution in [1.82, 2.24) is 5.32 Å². The number of hydrogen-bond donors (Lipinski definition) is 2. The second-order valence-corrected chi connectivity index (χ2v) is 4.59. The molecule has 0 rings (SSSR count). The standard InChI is InChI=1S/C10H19NO3S/c1-3-5-8(10(13)14)11-9(12)6-7-15-4-2/h8H,3-7H2,1-2H3,(H,11,12)(H,13,14). The van der Waals surface area contributed by atoms with E-state index in [1.807, 2.05) is 13.8 Å². The van der Waals surface area contributed by atoms with Crippen molar-refractivity contribution in [3.63, 3.8) is 0 Å². The molecule has 1 amide bonds. The summed E-state index contributed by atoms with van der Waals surface area (Å²) >= 11 is 1.68. The van der Waals surface area contributed by atoms with Gasteiger partial charge in [-0.3, -0.25) is 4.79 Å². The molecule has 0 heterocycles. The molecule has 0 aliphatic carbocycles. The second kappa shape index (κ2) is 8.59. The maximum absolute atomic E-state index is 11.3. The lowest BCUT2D eigenvalue weighted by Crippen LogP contribution is -2.40. The predicted molar refractivity (Wildman–Crippen MR) is 62.1 cm³/mol. The van der Waals surface area contributed by atoms with E-state index in [-0.39, 0.29) is 5.91 Å². The van der Waals surface area contributed by atoms with Crippen LogP contribution in [0.15, 0.2) is 0 Å². The summed E-state index contributed by atoms with van der Waals surface area (Å²) in [5.74, 6) is 0.607. The van der Waals surface area contributed by atoms with Gasteiger partial charge in [-0.15, -0.1) is 0 Å². The predicted octanol–water partition coefficient (Wildman–Crippen LogP) is 1.50. The number of carboxylic acids is 1. The van der Waals surface area contributed by atoms with Crippen molar-refractivity contribution < 1.29 is 14.7 Å². The van der Waals surface area contributed by atoms with Gasteiger partial charge < -0.3 is 10.4 Å².